The number of anilines is 1. The Kier molecular flexibility index (Phi) is 3.36. The highest BCUT2D eigenvalue weighted by Crippen LogP contribution is 2.37. The van der Waals surface area contributed by atoms with Crippen LogP contribution in [-0.4, -0.2) is 18.9 Å². The first-order valence-electron chi connectivity index (χ1n) is 7.13. The van der Waals surface area contributed by atoms with Crippen molar-refractivity contribution in [1.82, 2.24) is 0 Å². The van der Waals surface area contributed by atoms with Gasteiger partial charge in [-0.15, -0.1) is 0 Å². The summed E-state index contributed by atoms with van der Waals surface area (Å²) in [6, 6.07) is 2.32. The van der Waals surface area contributed by atoms with Crippen LogP contribution in [0.5, 0.6) is 0 Å². The van der Waals surface area contributed by atoms with Gasteiger partial charge >= 0.3 is 0 Å². The van der Waals surface area contributed by atoms with Crippen LogP contribution in [0.1, 0.15) is 31.2 Å². The largest absolute Gasteiger partial charge is 0.384 e. The van der Waals surface area contributed by atoms with Crippen LogP contribution in [0.25, 0.3) is 0 Å². The van der Waals surface area contributed by atoms with Gasteiger partial charge in [0.25, 0.3) is 0 Å². The smallest absolute Gasteiger partial charge is 0.150 e. The molecule has 0 aromatic heterocycles. The Morgan fingerprint density at radius 3 is 1.90 bits per heavy atom. The third-order valence-electron chi connectivity index (χ3n) is 4.00. The van der Waals surface area contributed by atoms with E-state index in [4.69, 9.17) is 11.1 Å². The molecule has 3 nitrogen and oxygen atoms in total. The highest BCUT2D eigenvalue weighted by molar-refractivity contribution is 5.95. The fourth-order valence-electron chi connectivity index (χ4n) is 2.50. The summed E-state index contributed by atoms with van der Waals surface area (Å²) >= 11 is 0. The molecule has 0 bridgehead atoms. The van der Waals surface area contributed by atoms with Crippen molar-refractivity contribution in [1.29, 1.82) is 5.41 Å². The van der Waals surface area contributed by atoms with Crippen LogP contribution < -0.4 is 10.6 Å². The van der Waals surface area contributed by atoms with Gasteiger partial charge in [-0.05, 0) is 49.7 Å². The fourth-order valence-corrected chi connectivity index (χ4v) is 2.50. The minimum atomic E-state index is -0.614. The van der Waals surface area contributed by atoms with Gasteiger partial charge in [0.05, 0.1) is 0 Å². The van der Waals surface area contributed by atoms with E-state index in [9.17, 15) is 8.78 Å². The number of benzene rings is 1. The molecule has 2 saturated carbocycles. The molecule has 20 heavy (non-hydrogen) atoms. The van der Waals surface area contributed by atoms with Crippen LogP contribution in [0.3, 0.4) is 0 Å². The van der Waals surface area contributed by atoms with E-state index in [0.717, 1.165) is 50.9 Å². The average molecular weight is 279 g/mol. The predicted molar refractivity (Wildman–Crippen MR) is 75.0 cm³/mol. The summed E-state index contributed by atoms with van der Waals surface area (Å²) < 4.78 is 28.5. The van der Waals surface area contributed by atoms with Crippen molar-refractivity contribution in [2.45, 2.75) is 25.7 Å². The summed E-state index contributed by atoms with van der Waals surface area (Å²) in [6.07, 6.45) is 4.59. The Bertz CT molecular complexity index is 499. The number of nitrogen functional groups attached to an aromatic ring is 1. The van der Waals surface area contributed by atoms with Crippen molar-refractivity contribution < 1.29 is 8.78 Å². The average Bonchev–Trinajstić information content (AvgIpc) is 3.23. The van der Waals surface area contributed by atoms with Crippen molar-refractivity contribution in [3.05, 3.63) is 29.3 Å². The van der Waals surface area contributed by atoms with Crippen molar-refractivity contribution >= 4 is 11.5 Å². The maximum Gasteiger partial charge on any atom is 0.150 e. The molecule has 0 atom stereocenters. The normalized spacial score (nSPS) is 18.1. The molecule has 3 N–H and O–H groups in total. The second-order valence-electron chi connectivity index (χ2n) is 5.99. The van der Waals surface area contributed by atoms with Crippen LogP contribution >= 0.6 is 0 Å². The van der Waals surface area contributed by atoms with Gasteiger partial charge in [-0.25, -0.2) is 8.78 Å². The molecule has 2 aliphatic rings. The SMILES string of the molecule is N=C(N)c1cc(F)c(N(CC2CC2)CC2CC2)c(F)c1. The molecule has 3 rings (SSSR count). The van der Waals surface area contributed by atoms with Crippen LogP contribution in [0.2, 0.25) is 0 Å². The topological polar surface area (TPSA) is 53.1 Å². The summed E-state index contributed by atoms with van der Waals surface area (Å²) in [6.45, 7) is 1.45. The maximum atomic E-state index is 14.2. The van der Waals surface area contributed by atoms with Gasteiger partial charge in [-0.3, -0.25) is 5.41 Å². The van der Waals surface area contributed by atoms with Crippen LogP contribution in [0.15, 0.2) is 12.1 Å². The Hall–Kier alpha value is -1.65. The van der Waals surface area contributed by atoms with E-state index in [2.05, 4.69) is 0 Å². The standard InChI is InChI=1S/C15H19F2N3/c16-12-5-11(15(18)19)6-13(17)14(12)20(7-9-1-2-9)8-10-3-4-10/h5-6,9-10H,1-4,7-8H2,(H3,18,19). The summed E-state index contributed by atoms with van der Waals surface area (Å²) in [7, 11) is 0. The number of hydrogen-bond acceptors (Lipinski definition) is 2. The molecule has 1 aromatic rings. The molecule has 0 unspecified atom stereocenters. The van der Waals surface area contributed by atoms with E-state index < -0.39 is 11.6 Å². The van der Waals surface area contributed by atoms with E-state index in [1.807, 2.05) is 4.90 Å². The molecule has 2 aliphatic carbocycles. The predicted octanol–water partition coefficient (Wildman–Crippen LogP) is 2.88. The highest BCUT2D eigenvalue weighted by Gasteiger charge is 2.31. The second-order valence-corrected chi connectivity index (χ2v) is 5.99. The summed E-state index contributed by atoms with van der Waals surface area (Å²) in [4.78, 5) is 1.85. The van der Waals surface area contributed by atoms with E-state index in [1.54, 1.807) is 0 Å². The summed E-state index contributed by atoms with van der Waals surface area (Å²) in [5, 5.41) is 7.28. The Morgan fingerprint density at radius 1 is 1.10 bits per heavy atom. The first-order chi connectivity index (χ1) is 9.54. The molecular weight excluding hydrogens is 260 g/mol. The van der Waals surface area contributed by atoms with Gasteiger partial charge < -0.3 is 10.6 Å². The van der Waals surface area contributed by atoms with Gasteiger partial charge in [-0.1, -0.05) is 0 Å². The minimum Gasteiger partial charge on any atom is -0.384 e. The van der Waals surface area contributed by atoms with E-state index in [-0.39, 0.29) is 17.1 Å². The van der Waals surface area contributed by atoms with Crippen molar-refractivity contribution in [2.75, 3.05) is 18.0 Å². The third kappa shape index (κ3) is 2.92. The Morgan fingerprint density at radius 2 is 1.55 bits per heavy atom. The van der Waals surface area contributed by atoms with Crippen molar-refractivity contribution in [2.24, 2.45) is 17.6 Å². The lowest BCUT2D eigenvalue weighted by Gasteiger charge is -2.26. The first-order valence-corrected chi connectivity index (χ1v) is 7.13. The molecule has 0 spiro atoms. The molecule has 5 heteroatoms. The zero-order chi connectivity index (χ0) is 14.3. The van der Waals surface area contributed by atoms with E-state index in [1.165, 1.54) is 0 Å². The lowest BCUT2D eigenvalue weighted by atomic mass is 10.1. The Labute approximate surface area is 117 Å². The molecular formula is C15H19F2N3. The second kappa shape index (κ2) is 5.04. The van der Waals surface area contributed by atoms with Gasteiger partial charge in [-0.2, -0.15) is 0 Å². The number of nitrogens with one attached hydrogen (secondary N) is 1. The third-order valence-corrected chi connectivity index (χ3v) is 4.00. The highest BCUT2D eigenvalue weighted by atomic mass is 19.1. The Balaban J connectivity index is 1.89. The number of nitrogens with two attached hydrogens (primary N) is 1. The number of halogens is 2. The number of amidine groups is 1. The fraction of sp³-hybridized carbons (Fsp3) is 0.533. The van der Waals surface area contributed by atoms with E-state index in [0.29, 0.717) is 11.8 Å². The minimum absolute atomic E-state index is 0.0498. The van der Waals surface area contributed by atoms with Crippen LogP contribution in [0.4, 0.5) is 14.5 Å². The molecule has 1 aromatic carbocycles. The maximum absolute atomic E-state index is 14.2. The van der Waals surface area contributed by atoms with Crippen molar-refractivity contribution in [3.8, 4) is 0 Å². The number of hydrogen-bond donors (Lipinski definition) is 2. The molecule has 0 saturated heterocycles. The number of rotatable bonds is 6. The molecule has 0 aliphatic heterocycles. The summed E-state index contributed by atoms with van der Waals surface area (Å²) in [5.74, 6) is -0.404. The lowest BCUT2D eigenvalue weighted by molar-refractivity contribution is 0.558. The van der Waals surface area contributed by atoms with Gasteiger partial charge in [0, 0.05) is 18.7 Å². The molecule has 2 fully saturated rings. The quantitative estimate of drug-likeness (QED) is 0.621. The van der Waals surface area contributed by atoms with Gasteiger partial charge in [0.2, 0.25) is 0 Å². The zero-order valence-electron chi connectivity index (χ0n) is 11.3. The van der Waals surface area contributed by atoms with Crippen molar-refractivity contribution in [3.63, 3.8) is 0 Å². The molecule has 0 amide bonds. The monoisotopic (exact) mass is 279 g/mol. The van der Waals surface area contributed by atoms with Crippen LogP contribution in [-0.2, 0) is 0 Å². The number of nitrogens with zero attached hydrogens (tertiary/aromatic N) is 1. The van der Waals surface area contributed by atoms with Gasteiger partial charge in [0.15, 0.2) is 0 Å². The van der Waals surface area contributed by atoms with E-state index >= 15 is 0 Å². The molecule has 0 heterocycles. The molecule has 0 radical (unpaired) electrons. The van der Waals surface area contributed by atoms with Crippen LogP contribution in [0, 0.1) is 28.9 Å². The zero-order valence-corrected chi connectivity index (χ0v) is 11.3. The first kappa shape index (κ1) is 13.3. The lowest BCUT2D eigenvalue weighted by Crippen LogP contribution is -2.30. The summed E-state index contributed by atoms with van der Waals surface area (Å²) in [5.41, 5.74) is 5.44. The molecule has 108 valence electrons. The van der Waals surface area contributed by atoms with Gasteiger partial charge in [0.1, 0.15) is 23.2 Å².